The number of fused-ring (bicyclic) bond motifs is 1. The van der Waals surface area contributed by atoms with Gasteiger partial charge in [-0.15, -0.1) is 0 Å². The van der Waals surface area contributed by atoms with E-state index in [1.807, 2.05) is 0 Å². The van der Waals surface area contributed by atoms with Crippen LogP contribution in [0.2, 0.25) is 5.02 Å². The average Bonchev–Trinajstić information content (AvgIpc) is 2.58. The number of benzene rings is 2. The summed E-state index contributed by atoms with van der Waals surface area (Å²) in [5, 5.41) is 1.12. The largest absolute Gasteiger partial charge is 0.497 e. The molecule has 2 aromatic carbocycles. The van der Waals surface area contributed by atoms with Crippen LogP contribution in [0.1, 0.15) is 15.9 Å². The van der Waals surface area contributed by atoms with Gasteiger partial charge in [-0.05, 0) is 30.3 Å². The molecule has 0 fully saturated rings. The van der Waals surface area contributed by atoms with Crippen molar-refractivity contribution in [2.75, 3.05) is 7.11 Å². The van der Waals surface area contributed by atoms with E-state index in [2.05, 4.69) is 0 Å². The zero-order valence-electron chi connectivity index (χ0n) is 12.7. The molecule has 0 unspecified atom stereocenters. The van der Waals surface area contributed by atoms with E-state index < -0.39 is 11.6 Å². The lowest BCUT2D eigenvalue weighted by atomic mass is 10.1. The van der Waals surface area contributed by atoms with E-state index in [1.165, 1.54) is 19.2 Å². The molecule has 1 aromatic heterocycles. The normalized spacial score (nSPS) is 10.6. The molecular weight excluding hydrogens is 332 g/mol. The van der Waals surface area contributed by atoms with Crippen molar-refractivity contribution in [1.29, 1.82) is 0 Å². The van der Waals surface area contributed by atoms with Crippen molar-refractivity contribution in [1.82, 2.24) is 0 Å². The Hall–Kier alpha value is -2.79. The van der Waals surface area contributed by atoms with E-state index in [4.69, 9.17) is 25.5 Å². The molecule has 0 aliphatic carbocycles. The van der Waals surface area contributed by atoms with Crippen LogP contribution in [-0.4, -0.2) is 13.1 Å². The molecule has 0 saturated carbocycles. The fraction of sp³-hybridized carbons (Fsp3) is 0.111. The third-order valence-corrected chi connectivity index (χ3v) is 3.69. The summed E-state index contributed by atoms with van der Waals surface area (Å²) in [4.78, 5) is 23.8. The highest BCUT2D eigenvalue weighted by atomic mass is 35.5. The Morgan fingerprint density at radius 1 is 1.17 bits per heavy atom. The smallest absolute Gasteiger partial charge is 0.338 e. The number of methoxy groups -OCH3 is 1. The van der Waals surface area contributed by atoms with Crippen molar-refractivity contribution in [2.45, 2.75) is 6.61 Å². The second-order valence-electron chi connectivity index (χ2n) is 5.04. The Morgan fingerprint density at radius 3 is 2.75 bits per heavy atom. The third-order valence-electron chi connectivity index (χ3n) is 3.46. The van der Waals surface area contributed by atoms with Crippen LogP contribution < -0.4 is 10.4 Å². The Morgan fingerprint density at radius 2 is 2.00 bits per heavy atom. The number of carbonyl (C=O) groups is 1. The number of esters is 1. The lowest BCUT2D eigenvalue weighted by Gasteiger charge is -2.08. The number of hydrogen-bond donors (Lipinski definition) is 0. The molecule has 0 spiro atoms. The molecule has 0 saturated heterocycles. The summed E-state index contributed by atoms with van der Waals surface area (Å²) < 4.78 is 15.5. The molecule has 5 nitrogen and oxygen atoms in total. The summed E-state index contributed by atoms with van der Waals surface area (Å²) >= 11 is 5.86. The molecule has 0 amide bonds. The van der Waals surface area contributed by atoms with Crippen molar-refractivity contribution in [3.63, 3.8) is 0 Å². The first-order valence-electron chi connectivity index (χ1n) is 7.10. The Balaban J connectivity index is 1.87. The first kappa shape index (κ1) is 16.1. The number of hydrogen-bond acceptors (Lipinski definition) is 5. The van der Waals surface area contributed by atoms with Gasteiger partial charge in [0.2, 0.25) is 0 Å². The van der Waals surface area contributed by atoms with E-state index in [1.54, 1.807) is 36.4 Å². The second kappa shape index (κ2) is 6.76. The summed E-state index contributed by atoms with van der Waals surface area (Å²) in [6.07, 6.45) is 0. The van der Waals surface area contributed by atoms with E-state index in [-0.39, 0.29) is 6.61 Å². The SMILES string of the molecule is COc1ccc2c(COC(=O)c3cccc(Cl)c3)cc(=O)oc2c1. The monoisotopic (exact) mass is 344 g/mol. The lowest BCUT2D eigenvalue weighted by Crippen LogP contribution is -2.08. The predicted octanol–water partition coefficient (Wildman–Crippen LogP) is 3.81. The van der Waals surface area contributed by atoms with Crippen LogP contribution >= 0.6 is 11.6 Å². The zero-order valence-corrected chi connectivity index (χ0v) is 13.5. The van der Waals surface area contributed by atoms with Gasteiger partial charge in [-0.25, -0.2) is 9.59 Å². The summed E-state index contributed by atoms with van der Waals surface area (Å²) in [7, 11) is 1.52. The predicted molar refractivity (Wildman–Crippen MR) is 89.6 cm³/mol. The van der Waals surface area contributed by atoms with E-state index in [0.29, 0.717) is 32.9 Å². The van der Waals surface area contributed by atoms with Crippen LogP contribution in [0.3, 0.4) is 0 Å². The first-order chi connectivity index (χ1) is 11.6. The molecule has 0 atom stereocenters. The van der Waals surface area contributed by atoms with Crippen LogP contribution in [0.4, 0.5) is 0 Å². The molecule has 24 heavy (non-hydrogen) atoms. The second-order valence-corrected chi connectivity index (χ2v) is 5.48. The van der Waals surface area contributed by atoms with Crippen LogP contribution in [0, 0.1) is 0 Å². The summed E-state index contributed by atoms with van der Waals surface area (Å²) in [5.74, 6) is 0.0473. The van der Waals surface area contributed by atoms with Crippen LogP contribution in [-0.2, 0) is 11.3 Å². The molecule has 6 heteroatoms. The standard InChI is InChI=1S/C18H13ClO5/c1-22-14-5-6-15-12(8-17(20)24-16(15)9-14)10-23-18(21)11-3-2-4-13(19)7-11/h2-9H,10H2,1H3. The van der Waals surface area contributed by atoms with Gasteiger partial charge in [0.25, 0.3) is 0 Å². The van der Waals surface area contributed by atoms with E-state index in [9.17, 15) is 9.59 Å². The summed E-state index contributed by atoms with van der Waals surface area (Å²) in [6, 6.07) is 12.9. The molecule has 0 aliphatic heterocycles. The number of rotatable bonds is 4. The van der Waals surface area contributed by atoms with Gasteiger partial charge < -0.3 is 13.9 Å². The average molecular weight is 345 g/mol. The minimum atomic E-state index is -0.524. The van der Waals surface area contributed by atoms with Crippen molar-refractivity contribution >= 4 is 28.5 Å². The fourth-order valence-electron chi connectivity index (χ4n) is 2.30. The topological polar surface area (TPSA) is 65.7 Å². The number of carbonyl (C=O) groups excluding carboxylic acids is 1. The fourth-order valence-corrected chi connectivity index (χ4v) is 2.49. The van der Waals surface area contributed by atoms with Crippen molar-refractivity contribution in [3.05, 3.63) is 75.1 Å². The maximum atomic E-state index is 12.1. The number of halogens is 1. The maximum Gasteiger partial charge on any atom is 0.338 e. The summed E-state index contributed by atoms with van der Waals surface area (Å²) in [5.41, 5.74) is 0.746. The quantitative estimate of drug-likeness (QED) is 0.532. The van der Waals surface area contributed by atoms with Crippen molar-refractivity contribution < 1.29 is 18.7 Å². The van der Waals surface area contributed by atoms with Gasteiger partial charge in [-0.3, -0.25) is 0 Å². The minimum absolute atomic E-state index is 0.0558. The van der Waals surface area contributed by atoms with Gasteiger partial charge in [0.05, 0.1) is 12.7 Å². The van der Waals surface area contributed by atoms with Crippen LogP contribution in [0.15, 0.2) is 57.7 Å². The third kappa shape index (κ3) is 3.41. The van der Waals surface area contributed by atoms with Crippen molar-refractivity contribution in [3.8, 4) is 5.75 Å². The molecule has 0 aliphatic rings. The highest BCUT2D eigenvalue weighted by molar-refractivity contribution is 6.30. The van der Waals surface area contributed by atoms with Gasteiger partial charge in [-0.1, -0.05) is 17.7 Å². The Labute approximate surface area is 142 Å². The molecule has 1 heterocycles. The molecule has 0 radical (unpaired) electrons. The highest BCUT2D eigenvalue weighted by Gasteiger charge is 2.11. The minimum Gasteiger partial charge on any atom is -0.497 e. The Kier molecular flexibility index (Phi) is 4.53. The van der Waals surface area contributed by atoms with Crippen LogP contribution in [0.25, 0.3) is 11.0 Å². The van der Waals surface area contributed by atoms with Crippen LogP contribution in [0.5, 0.6) is 5.75 Å². The summed E-state index contributed by atoms with van der Waals surface area (Å²) in [6.45, 7) is -0.0558. The Bertz CT molecular complexity index is 961. The highest BCUT2D eigenvalue weighted by Crippen LogP contribution is 2.23. The van der Waals surface area contributed by atoms with Gasteiger partial charge in [0.1, 0.15) is 17.9 Å². The van der Waals surface area contributed by atoms with E-state index >= 15 is 0 Å². The molecule has 3 aromatic rings. The van der Waals surface area contributed by atoms with Crippen molar-refractivity contribution in [2.24, 2.45) is 0 Å². The lowest BCUT2D eigenvalue weighted by molar-refractivity contribution is 0.0474. The molecule has 122 valence electrons. The number of ether oxygens (including phenoxy) is 2. The molecular formula is C18H13ClO5. The van der Waals surface area contributed by atoms with Gasteiger partial charge >= 0.3 is 11.6 Å². The maximum absolute atomic E-state index is 12.1. The van der Waals surface area contributed by atoms with Gasteiger partial charge in [-0.2, -0.15) is 0 Å². The van der Waals surface area contributed by atoms with E-state index in [0.717, 1.165) is 0 Å². The van der Waals surface area contributed by atoms with Gasteiger partial charge in [0.15, 0.2) is 0 Å². The first-order valence-corrected chi connectivity index (χ1v) is 7.48. The molecule has 3 rings (SSSR count). The van der Waals surface area contributed by atoms with Gasteiger partial charge in [0, 0.05) is 28.1 Å². The molecule has 0 bridgehead atoms. The zero-order chi connectivity index (χ0) is 17.1. The molecule has 0 N–H and O–H groups in total.